The van der Waals surface area contributed by atoms with Crippen molar-refractivity contribution in [1.82, 2.24) is 4.98 Å². The highest BCUT2D eigenvalue weighted by Gasteiger charge is 2.09. The van der Waals surface area contributed by atoms with E-state index in [2.05, 4.69) is 4.98 Å². The maximum atomic E-state index is 10.3. The molecular formula is C6H3ClN2O2. The van der Waals surface area contributed by atoms with Crippen molar-refractivity contribution in [3.8, 4) is 6.07 Å². The summed E-state index contributed by atoms with van der Waals surface area (Å²) in [4.78, 5) is 12.6. The van der Waals surface area contributed by atoms with Crippen molar-refractivity contribution in [2.45, 2.75) is 0 Å². The molecule has 1 aromatic heterocycles. The SMILES string of the molecule is N#Cc1[nH]c(C(=O)O)cc1Cl. The van der Waals surface area contributed by atoms with E-state index in [9.17, 15) is 4.79 Å². The van der Waals surface area contributed by atoms with Gasteiger partial charge in [-0.25, -0.2) is 4.79 Å². The number of nitriles is 1. The first-order valence-corrected chi connectivity index (χ1v) is 3.05. The highest BCUT2D eigenvalue weighted by Crippen LogP contribution is 2.15. The van der Waals surface area contributed by atoms with Gasteiger partial charge >= 0.3 is 5.97 Å². The molecule has 0 aliphatic carbocycles. The minimum absolute atomic E-state index is 0.0732. The largest absolute Gasteiger partial charge is 0.477 e. The third-order valence-corrected chi connectivity index (χ3v) is 1.41. The van der Waals surface area contributed by atoms with E-state index in [1.807, 2.05) is 0 Å². The summed E-state index contributed by atoms with van der Waals surface area (Å²) in [6, 6.07) is 2.92. The molecule has 0 unspecified atom stereocenters. The number of rotatable bonds is 1. The lowest BCUT2D eigenvalue weighted by Crippen LogP contribution is -1.95. The smallest absolute Gasteiger partial charge is 0.352 e. The fourth-order valence-electron chi connectivity index (χ4n) is 0.626. The molecule has 0 aliphatic heterocycles. The van der Waals surface area contributed by atoms with E-state index in [1.165, 1.54) is 6.07 Å². The minimum atomic E-state index is -1.13. The van der Waals surface area contributed by atoms with Gasteiger partial charge in [0.25, 0.3) is 0 Å². The molecule has 4 nitrogen and oxygen atoms in total. The molecule has 1 heterocycles. The van der Waals surface area contributed by atoms with Crippen LogP contribution in [0, 0.1) is 11.3 Å². The van der Waals surface area contributed by atoms with Gasteiger partial charge in [0.2, 0.25) is 0 Å². The average molecular weight is 171 g/mol. The lowest BCUT2D eigenvalue weighted by molar-refractivity contribution is 0.0691. The number of nitrogens with zero attached hydrogens (tertiary/aromatic N) is 1. The Hall–Kier alpha value is -1.47. The van der Waals surface area contributed by atoms with Crippen LogP contribution in [0.3, 0.4) is 0 Å². The first-order chi connectivity index (χ1) is 5.15. The third kappa shape index (κ3) is 1.33. The van der Waals surface area contributed by atoms with Gasteiger partial charge in [0.15, 0.2) is 0 Å². The Bertz CT molecular complexity index is 337. The number of carboxylic acid groups (broad SMARTS) is 1. The molecule has 56 valence electrons. The predicted molar refractivity (Wildman–Crippen MR) is 37.5 cm³/mol. The van der Waals surface area contributed by atoms with E-state index in [0.717, 1.165) is 0 Å². The molecule has 0 aliphatic rings. The Balaban J connectivity index is 3.18. The summed E-state index contributed by atoms with van der Waals surface area (Å²) >= 11 is 5.47. The molecule has 1 rings (SSSR count). The van der Waals surface area contributed by atoms with Crippen LogP contribution in [0.1, 0.15) is 16.2 Å². The Labute approximate surface area is 67.0 Å². The molecule has 0 fully saturated rings. The molecule has 0 amide bonds. The molecule has 0 bridgehead atoms. The molecule has 0 aromatic carbocycles. The van der Waals surface area contributed by atoms with E-state index >= 15 is 0 Å². The van der Waals surface area contributed by atoms with Crippen LogP contribution in [0.2, 0.25) is 5.02 Å². The number of aromatic nitrogens is 1. The summed E-state index contributed by atoms with van der Waals surface area (Å²) in [6.45, 7) is 0. The number of carbonyl (C=O) groups is 1. The van der Waals surface area contributed by atoms with E-state index in [1.54, 1.807) is 6.07 Å². The topological polar surface area (TPSA) is 76.9 Å². The van der Waals surface area contributed by atoms with Crippen molar-refractivity contribution in [1.29, 1.82) is 5.26 Å². The van der Waals surface area contributed by atoms with Gasteiger partial charge in [-0.3, -0.25) is 0 Å². The second kappa shape index (κ2) is 2.64. The maximum absolute atomic E-state index is 10.3. The maximum Gasteiger partial charge on any atom is 0.352 e. The average Bonchev–Trinajstić information content (AvgIpc) is 2.31. The summed E-state index contributed by atoms with van der Waals surface area (Å²) < 4.78 is 0. The summed E-state index contributed by atoms with van der Waals surface area (Å²) in [7, 11) is 0. The lowest BCUT2D eigenvalue weighted by Gasteiger charge is -1.82. The van der Waals surface area contributed by atoms with Crippen LogP contribution in [0.4, 0.5) is 0 Å². The zero-order chi connectivity index (χ0) is 8.43. The zero-order valence-corrected chi connectivity index (χ0v) is 6.01. The molecule has 0 spiro atoms. The van der Waals surface area contributed by atoms with Gasteiger partial charge in [0.1, 0.15) is 17.5 Å². The summed E-state index contributed by atoms with van der Waals surface area (Å²) in [6.07, 6.45) is 0. The number of aromatic carboxylic acids is 1. The molecule has 0 atom stereocenters. The molecule has 1 aromatic rings. The number of hydrogen-bond acceptors (Lipinski definition) is 2. The van der Waals surface area contributed by atoms with Gasteiger partial charge in [-0.15, -0.1) is 0 Å². The quantitative estimate of drug-likeness (QED) is 0.666. The Morgan fingerprint density at radius 3 is 2.73 bits per heavy atom. The second-order valence-corrected chi connectivity index (χ2v) is 2.23. The zero-order valence-electron chi connectivity index (χ0n) is 5.26. The first-order valence-electron chi connectivity index (χ1n) is 2.67. The van der Waals surface area contributed by atoms with Crippen LogP contribution in [0.25, 0.3) is 0 Å². The summed E-state index contributed by atoms with van der Waals surface area (Å²) in [5.74, 6) is -1.13. The van der Waals surface area contributed by atoms with Crippen molar-refractivity contribution in [2.75, 3.05) is 0 Å². The van der Waals surface area contributed by atoms with Gasteiger partial charge in [0.05, 0.1) is 5.02 Å². The molecular weight excluding hydrogens is 168 g/mol. The van der Waals surface area contributed by atoms with Crippen LogP contribution in [-0.2, 0) is 0 Å². The molecule has 2 N–H and O–H groups in total. The van der Waals surface area contributed by atoms with Gasteiger partial charge in [0, 0.05) is 0 Å². The fourth-order valence-corrected chi connectivity index (χ4v) is 0.825. The van der Waals surface area contributed by atoms with Crippen LogP contribution < -0.4 is 0 Å². The van der Waals surface area contributed by atoms with Crippen molar-refractivity contribution >= 4 is 17.6 Å². The van der Waals surface area contributed by atoms with Crippen molar-refractivity contribution in [2.24, 2.45) is 0 Å². The normalized spacial score (nSPS) is 9.09. The van der Waals surface area contributed by atoms with Crippen molar-refractivity contribution in [3.05, 3.63) is 22.5 Å². The molecule has 0 saturated heterocycles. The Morgan fingerprint density at radius 1 is 1.82 bits per heavy atom. The molecule has 0 saturated carbocycles. The number of aromatic amines is 1. The number of carboxylic acids is 1. The van der Waals surface area contributed by atoms with E-state index < -0.39 is 5.97 Å². The first kappa shape index (κ1) is 7.63. The fraction of sp³-hybridized carbons (Fsp3) is 0. The van der Waals surface area contributed by atoms with E-state index in [-0.39, 0.29) is 16.4 Å². The number of halogens is 1. The predicted octanol–water partition coefficient (Wildman–Crippen LogP) is 1.24. The van der Waals surface area contributed by atoms with Crippen molar-refractivity contribution < 1.29 is 9.90 Å². The van der Waals surface area contributed by atoms with E-state index in [0.29, 0.717) is 0 Å². The van der Waals surface area contributed by atoms with Crippen LogP contribution in [0.15, 0.2) is 6.07 Å². The number of hydrogen-bond donors (Lipinski definition) is 2. The Kier molecular flexibility index (Phi) is 1.83. The van der Waals surface area contributed by atoms with Crippen LogP contribution in [-0.4, -0.2) is 16.1 Å². The molecule has 11 heavy (non-hydrogen) atoms. The van der Waals surface area contributed by atoms with Crippen LogP contribution in [0.5, 0.6) is 0 Å². The number of H-pyrrole nitrogens is 1. The highest BCUT2D eigenvalue weighted by molar-refractivity contribution is 6.32. The third-order valence-electron chi connectivity index (χ3n) is 1.11. The van der Waals surface area contributed by atoms with Gasteiger partial charge in [-0.1, -0.05) is 11.6 Å². The van der Waals surface area contributed by atoms with Gasteiger partial charge < -0.3 is 10.1 Å². The van der Waals surface area contributed by atoms with E-state index in [4.69, 9.17) is 22.0 Å². The second-order valence-electron chi connectivity index (χ2n) is 1.82. The van der Waals surface area contributed by atoms with Gasteiger partial charge in [-0.2, -0.15) is 5.26 Å². The summed E-state index contributed by atoms with van der Waals surface area (Å²) in [5, 5.41) is 16.9. The standard InChI is InChI=1S/C6H3ClN2O2/c7-3-1-4(6(10)11)9-5(3)2-8/h1,9H,(H,10,11). The molecule has 5 heteroatoms. The van der Waals surface area contributed by atoms with Crippen molar-refractivity contribution in [3.63, 3.8) is 0 Å². The van der Waals surface area contributed by atoms with Crippen LogP contribution >= 0.6 is 11.6 Å². The molecule has 0 radical (unpaired) electrons. The lowest BCUT2D eigenvalue weighted by atomic mass is 10.4. The number of nitrogens with one attached hydrogen (secondary N) is 1. The Morgan fingerprint density at radius 2 is 2.45 bits per heavy atom. The highest BCUT2D eigenvalue weighted by atomic mass is 35.5. The minimum Gasteiger partial charge on any atom is -0.477 e. The van der Waals surface area contributed by atoms with Gasteiger partial charge in [-0.05, 0) is 6.07 Å². The summed E-state index contributed by atoms with van der Waals surface area (Å²) in [5.41, 5.74) is -0.00406. The monoisotopic (exact) mass is 170 g/mol.